The third kappa shape index (κ3) is 7.21. The second kappa shape index (κ2) is 9.92. The number of amides is 2. The summed E-state index contributed by atoms with van der Waals surface area (Å²) in [4.78, 5) is 34.2. The maximum atomic E-state index is 12.5. The van der Waals surface area contributed by atoms with Gasteiger partial charge in [0.25, 0.3) is 5.91 Å². The zero-order chi connectivity index (χ0) is 17.2. The van der Waals surface area contributed by atoms with Crippen molar-refractivity contribution in [3.8, 4) is 0 Å². The Labute approximate surface area is 138 Å². The molecule has 1 rings (SSSR count). The molecule has 0 aliphatic carbocycles. The quantitative estimate of drug-likeness (QED) is 0.757. The fraction of sp³-hybridized carbons (Fsp3) is 0.647. The van der Waals surface area contributed by atoms with Crippen molar-refractivity contribution in [3.05, 3.63) is 24.3 Å². The van der Waals surface area contributed by atoms with Crippen LogP contribution in [0.2, 0.25) is 0 Å². The third-order valence-corrected chi connectivity index (χ3v) is 3.67. The van der Waals surface area contributed by atoms with Crippen LogP contribution >= 0.6 is 0 Å². The minimum Gasteiger partial charge on any atom is -0.354 e. The van der Waals surface area contributed by atoms with E-state index in [1.807, 2.05) is 13.8 Å². The number of aromatic nitrogens is 2. The van der Waals surface area contributed by atoms with Gasteiger partial charge >= 0.3 is 0 Å². The highest BCUT2D eigenvalue weighted by Crippen LogP contribution is 2.07. The van der Waals surface area contributed by atoms with Gasteiger partial charge in [0, 0.05) is 37.9 Å². The van der Waals surface area contributed by atoms with Crippen LogP contribution in [0.15, 0.2) is 18.6 Å². The van der Waals surface area contributed by atoms with Crippen LogP contribution in [0.3, 0.4) is 0 Å². The first kappa shape index (κ1) is 19.1. The molecule has 0 aliphatic rings. The molecule has 0 radical (unpaired) electrons. The predicted octanol–water partition coefficient (Wildman–Crippen LogP) is 2.27. The van der Waals surface area contributed by atoms with Crippen molar-refractivity contribution < 1.29 is 9.59 Å². The normalized spacial score (nSPS) is 12.0. The number of rotatable bonds is 9. The summed E-state index contributed by atoms with van der Waals surface area (Å²) in [6.45, 7) is 9.23. The molecule has 1 aromatic rings. The highest BCUT2D eigenvalue weighted by Gasteiger charge is 2.18. The Bertz CT molecular complexity index is 491. The lowest BCUT2D eigenvalue weighted by Crippen LogP contribution is -2.38. The molecular weight excluding hydrogens is 292 g/mol. The van der Waals surface area contributed by atoms with Gasteiger partial charge in [-0.25, -0.2) is 4.98 Å². The lowest BCUT2D eigenvalue weighted by atomic mass is 10.1. The molecule has 6 nitrogen and oxygen atoms in total. The third-order valence-electron chi connectivity index (χ3n) is 3.67. The summed E-state index contributed by atoms with van der Waals surface area (Å²) in [6.07, 6.45) is 6.58. The molecule has 0 spiro atoms. The topological polar surface area (TPSA) is 75.2 Å². The Balaban J connectivity index is 2.65. The highest BCUT2D eigenvalue weighted by atomic mass is 16.2. The van der Waals surface area contributed by atoms with Gasteiger partial charge in [0.15, 0.2) is 0 Å². The standard InChI is InChI=1S/C17H28N4O2/c1-5-14(4)20-16(22)7-11-21(10-6-13(2)3)17(23)15-12-18-8-9-19-15/h8-9,12-14H,5-7,10-11H2,1-4H3,(H,20,22). The largest absolute Gasteiger partial charge is 0.354 e. The van der Waals surface area contributed by atoms with E-state index < -0.39 is 0 Å². The van der Waals surface area contributed by atoms with E-state index in [1.165, 1.54) is 18.6 Å². The average molecular weight is 320 g/mol. The predicted molar refractivity (Wildman–Crippen MR) is 89.9 cm³/mol. The zero-order valence-corrected chi connectivity index (χ0v) is 14.6. The number of hydrogen-bond acceptors (Lipinski definition) is 4. The second-order valence-corrected chi connectivity index (χ2v) is 6.19. The van der Waals surface area contributed by atoms with Gasteiger partial charge < -0.3 is 10.2 Å². The summed E-state index contributed by atoms with van der Waals surface area (Å²) >= 11 is 0. The van der Waals surface area contributed by atoms with Crippen LogP contribution < -0.4 is 5.32 Å². The fourth-order valence-electron chi connectivity index (χ4n) is 1.99. The fourth-order valence-corrected chi connectivity index (χ4v) is 1.99. The lowest BCUT2D eigenvalue weighted by molar-refractivity contribution is -0.121. The van der Waals surface area contributed by atoms with Gasteiger partial charge in [0.1, 0.15) is 5.69 Å². The van der Waals surface area contributed by atoms with Gasteiger partial charge in [0.2, 0.25) is 5.91 Å². The molecular formula is C17H28N4O2. The smallest absolute Gasteiger partial charge is 0.274 e. The Hall–Kier alpha value is -1.98. The molecule has 0 fully saturated rings. The minimum atomic E-state index is -0.171. The summed E-state index contributed by atoms with van der Waals surface area (Å²) in [5.41, 5.74) is 0.318. The van der Waals surface area contributed by atoms with Gasteiger partial charge in [-0.15, -0.1) is 0 Å². The first-order valence-corrected chi connectivity index (χ1v) is 8.28. The first-order chi connectivity index (χ1) is 10.9. The van der Waals surface area contributed by atoms with Gasteiger partial charge in [-0.05, 0) is 25.7 Å². The van der Waals surface area contributed by atoms with Crippen molar-refractivity contribution in [3.63, 3.8) is 0 Å². The van der Waals surface area contributed by atoms with E-state index in [4.69, 9.17) is 0 Å². The number of hydrogen-bond donors (Lipinski definition) is 1. The van der Waals surface area contributed by atoms with Crippen LogP contribution in [-0.4, -0.2) is 45.8 Å². The average Bonchev–Trinajstić information content (AvgIpc) is 2.54. The van der Waals surface area contributed by atoms with E-state index in [9.17, 15) is 9.59 Å². The lowest BCUT2D eigenvalue weighted by Gasteiger charge is -2.23. The molecule has 0 saturated heterocycles. The van der Waals surface area contributed by atoms with Crippen molar-refractivity contribution in [2.45, 2.75) is 53.0 Å². The van der Waals surface area contributed by atoms with E-state index in [0.717, 1.165) is 12.8 Å². The molecule has 6 heteroatoms. The van der Waals surface area contributed by atoms with Crippen LogP contribution in [0.5, 0.6) is 0 Å². The van der Waals surface area contributed by atoms with E-state index in [2.05, 4.69) is 29.1 Å². The number of nitrogens with one attached hydrogen (secondary N) is 1. The van der Waals surface area contributed by atoms with E-state index in [1.54, 1.807) is 4.90 Å². The zero-order valence-electron chi connectivity index (χ0n) is 14.6. The molecule has 2 amide bonds. The van der Waals surface area contributed by atoms with Crippen LogP contribution in [-0.2, 0) is 4.79 Å². The van der Waals surface area contributed by atoms with E-state index in [0.29, 0.717) is 31.1 Å². The molecule has 1 heterocycles. The molecule has 1 aromatic heterocycles. The van der Waals surface area contributed by atoms with E-state index >= 15 is 0 Å². The Morgan fingerprint density at radius 1 is 1.22 bits per heavy atom. The summed E-state index contributed by atoms with van der Waals surface area (Å²) < 4.78 is 0. The Kier molecular flexibility index (Phi) is 8.22. The van der Waals surface area contributed by atoms with Crippen LogP contribution in [0.25, 0.3) is 0 Å². The molecule has 0 bridgehead atoms. The van der Waals surface area contributed by atoms with Crippen LogP contribution in [0.4, 0.5) is 0 Å². The Morgan fingerprint density at radius 3 is 2.52 bits per heavy atom. The summed E-state index contributed by atoms with van der Waals surface area (Å²) in [5.74, 6) is 0.289. The monoisotopic (exact) mass is 320 g/mol. The molecule has 23 heavy (non-hydrogen) atoms. The summed E-state index contributed by atoms with van der Waals surface area (Å²) in [7, 11) is 0. The molecule has 0 saturated carbocycles. The molecule has 128 valence electrons. The highest BCUT2D eigenvalue weighted by molar-refractivity contribution is 5.92. The van der Waals surface area contributed by atoms with Crippen LogP contribution in [0, 0.1) is 5.92 Å². The first-order valence-electron chi connectivity index (χ1n) is 8.28. The van der Waals surface area contributed by atoms with Crippen molar-refractivity contribution >= 4 is 11.8 Å². The number of carbonyl (C=O) groups excluding carboxylic acids is 2. The number of carbonyl (C=O) groups is 2. The summed E-state index contributed by atoms with van der Waals surface area (Å²) in [6, 6.07) is 0.155. The summed E-state index contributed by atoms with van der Waals surface area (Å²) in [5, 5.41) is 2.92. The van der Waals surface area contributed by atoms with Gasteiger partial charge in [-0.2, -0.15) is 0 Å². The van der Waals surface area contributed by atoms with Crippen molar-refractivity contribution in [1.82, 2.24) is 20.2 Å². The second-order valence-electron chi connectivity index (χ2n) is 6.19. The maximum absolute atomic E-state index is 12.5. The maximum Gasteiger partial charge on any atom is 0.274 e. The van der Waals surface area contributed by atoms with Crippen LogP contribution in [0.1, 0.15) is 57.4 Å². The Morgan fingerprint density at radius 2 is 1.96 bits per heavy atom. The van der Waals surface area contributed by atoms with Crippen molar-refractivity contribution in [2.75, 3.05) is 13.1 Å². The molecule has 1 N–H and O–H groups in total. The SMILES string of the molecule is CCC(C)NC(=O)CCN(CCC(C)C)C(=O)c1cnccn1. The van der Waals surface area contributed by atoms with Gasteiger partial charge in [-0.3, -0.25) is 14.6 Å². The molecule has 1 unspecified atom stereocenters. The van der Waals surface area contributed by atoms with Crippen molar-refractivity contribution in [2.24, 2.45) is 5.92 Å². The van der Waals surface area contributed by atoms with Crippen molar-refractivity contribution in [1.29, 1.82) is 0 Å². The minimum absolute atomic E-state index is 0.0270. The van der Waals surface area contributed by atoms with E-state index in [-0.39, 0.29) is 17.9 Å². The molecule has 1 atom stereocenters. The number of nitrogens with zero attached hydrogens (tertiary/aromatic N) is 3. The van der Waals surface area contributed by atoms with Gasteiger partial charge in [0.05, 0.1) is 6.20 Å². The molecule has 0 aromatic carbocycles. The molecule has 0 aliphatic heterocycles. The van der Waals surface area contributed by atoms with Gasteiger partial charge in [-0.1, -0.05) is 20.8 Å².